The van der Waals surface area contributed by atoms with Gasteiger partial charge in [-0.2, -0.15) is 18.3 Å². The molecule has 0 amide bonds. The van der Waals surface area contributed by atoms with Crippen LogP contribution in [0.5, 0.6) is 11.5 Å². The van der Waals surface area contributed by atoms with E-state index >= 15 is 0 Å². The Morgan fingerprint density at radius 3 is 2.26 bits per heavy atom. The predicted octanol–water partition coefficient (Wildman–Crippen LogP) is 4.60. The Balaban J connectivity index is 1.70. The molecule has 0 saturated heterocycles. The van der Waals surface area contributed by atoms with Gasteiger partial charge in [0.2, 0.25) is 0 Å². The molecule has 0 saturated carbocycles. The molecule has 3 rings (SSSR count). The van der Waals surface area contributed by atoms with Crippen molar-refractivity contribution in [1.29, 1.82) is 0 Å². The van der Waals surface area contributed by atoms with Crippen LogP contribution < -0.4 is 9.47 Å². The monoisotopic (exact) mass is 395 g/mol. The summed E-state index contributed by atoms with van der Waals surface area (Å²) in [6.45, 7) is 0.541. The van der Waals surface area contributed by atoms with E-state index in [9.17, 15) is 13.2 Å². The molecule has 0 bridgehead atoms. The van der Waals surface area contributed by atoms with E-state index in [4.69, 9.17) is 21.7 Å². The van der Waals surface area contributed by atoms with Gasteiger partial charge in [-0.3, -0.25) is 9.67 Å². The van der Waals surface area contributed by atoms with E-state index in [1.165, 1.54) is 12.1 Å². The third kappa shape index (κ3) is 4.68. The minimum Gasteiger partial charge on any atom is -0.497 e. The first-order valence-corrected chi connectivity index (χ1v) is 8.34. The average molecular weight is 395 g/mol. The molecule has 5 nitrogen and oxygen atoms in total. The summed E-state index contributed by atoms with van der Waals surface area (Å²) in [5.74, 6) is 1.60. The Morgan fingerprint density at radius 2 is 1.67 bits per heavy atom. The molecule has 1 N–H and O–H groups in total. The van der Waals surface area contributed by atoms with Crippen molar-refractivity contribution in [3.63, 3.8) is 0 Å². The number of methoxy groups -OCH3 is 1. The lowest BCUT2D eigenvalue weighted by molar-refractivity contribution is -0.137. The standard InChI is InChI=1S/C18H16F3N3O2S/c1-25-14-6-2-12(3-7-14)10-24-16(22-23-17(24)27)11-26-15-8-4-13(5-9-15)18(19,20)21/h2-9H,10-11H2,1H3,(H,23,27). The first kappa shape index (κ1) is 19.0. The van der Waals surface area contributed by atoms with E-state index in [0.29, 0.717) is 22.9 Å². The van der Waals surface area contributed by atoms with Crippen molar-refractivity contribution in [2.45, 2.75) is 19.3 Å². The van der Waals surface area contributed by atoms with Crippen LogP contribution in [0, 0.1) is 4.77 Å². The van der Waals surface area contributed by atoms with E-state index in [1.807, 2.05) is 24.3 Å². The lowest BCUT2D eigenvalue weighted by Crippen LogP contribution is -2.09. The number of benzene rings is 2. The lowest BCUT2D eigenvalue weighted by atomic mass is 10.2. The van der Waals surface area contributed by atoms with Crippen molar-refractivity contribution in [1.82, 2.24) is 14.8 Å². The second-order valence-corrected chi connectivity index (χ2v) is 6.08. The highest BCUT2D eigenvalue weighted by Gasteiger charge is 2.30. The molecule has 0 spiro atoms. The summed E-state index contributed by atoms with van der Waals surface area (Å²) in [6.07, 6.45) is -4.38. The summed E-state index contributed by atoms with van der Waals surface area (Å²) >= 11 is 5.25. The van der Waals surface area contributed by atoms with Crippen LogP contribution in [0.1, 0.15) is 17.0 Å². The number of halogens is 3. The fraction of sp³-hybridized carbons (Fsp3) is 0.222. The van der Waals surface area contributed by atoms with Crippen molar-refractivity contribution in [3.8, 4) is 11.5 Å². The fourth-order valence-electron chi connectivity index (χ4n) is 2.43. The van der Waals surface area contributed by atoms with Gasteiger partial charge in [-0.1, -0.05) is 12.1 Å². The number of nitrogens with one attached hydrogen (secondary N) is 1. The fourth-order valence-corrected chi connectivity index (χ4v) is 2.64. The van der Waals surface area contributed by atoms with Crippen LogP contribution in [0.2, 0.25) is 0 Å². The van der Waals surface area contributed by atoms with E-state index in [-0.39, 0.29) is 6.61 Å². The SMILES string of the molecule is COc1ccc(Cn2c(COc3ccc(C(F)(F)F)cc3)n[nH]c2=S)cc1. The molecule has 0 atom stereocenters. The quantitative estimate of drug-likeness (QED) is 0.620. The number of rotatable bonds is 6. The summed E-state index contributed by atoms with van der Waals surface area (Å²) in [5.41, 5.74) is 0.265. The number of nitrogens with zero attached hydrogens (tertiary/aromatic N) is 2. The van der Waals surface area contributed by atoms with Gasteiger partial charge < -0.3 is 9.47 Å². The zero-order chi connectivity index (χ0) is 19.4. The largest absolute Gasteiger partial charge is 0.497 e. The van der Waals surface area contributed by atoms with Crippen molar-refractivity contribution in [2.75, 3.05) is 7.11 Å². The molecule has 0 radical (unpaired) electrons. The van der Waals surface area contributed by atoms with Gasteiger partial charge in [-0.25, -0.2) is 0 Å². The Hall–Kier alpha value is -2.81. The lowest BCUT2D eigenvalue weighted by Gasteiger charge is -2.10. The van der Waals surface area contributed by atoms with Gasteiger partial charge in [0.15, 0.2) is 10.6 Å². The average Bonchev–Trinajstić information content (AvgIpc) is 3.00. The van der Waals surface area contributed by atoms with Crippen molar-refractivity contribution >= 4 is 12.2 Å². The highest BCUT2D eigenvalue weighted by atomic mass is 32.1. The molecular formula is C18H16F3N3O2S. The number of aromatic nitrogens is 3. The van der Waals surface area contributed by atoms with Crippen LogP contribution in [0.15, 0.2) is 48.5 Å². The van der Waals surface area contributed by atoms with Gasteiger partial charge in [-0.15, -0.1) is 0 Å². The summed E-state index contributed by atoms with van der Waals surface area (Å²) in [4.78, 5) is 0. The van der Waals surface area contributed by atoms with Crippen LogP contribution in [-0.2, 0) is 19.3 Å². The first-order chi connectivity index (χ1) is 12.9. The molecule has 0 aliphatic carbocycles. The van der Waals surface area contributed by atoms with E-state index < -0.39 is 11.7 Å². The van der Waals surface area contributed by atoms with Crippen LogP contribution in [0.3, 0.4) is 0 Å². The summed E-state index contributed by atoms with van der Waals surface area (Å²) in [7, 11) is 1.60. The normalized spacial score (nSPS) is 11.4. The minimum atomic E-state index is -4.38. The molecule has 1 aromatic heterocycles. The van der Waals surface area contributed by atoms with Gasteiger partial charge in [0, 0.05) is 0 Å². The predicted molar refractivity (Wildman–Crippen MR) is 95.3 cm³/mol. The van der Waals surface area contributed by atoms with Gasteiger partial charge in [-0.05, 0) is 54.2 Å². The van der Waals surface area contributed by atoms with Gasteiger partial charge in [0.1, 0.15) is 18.1 Å². The highest BCUT2D eigenvalue weighted by molar-refractivity contribution is 7.71. The first-order valence-electron chi connectivity index (χ1n) is 7.94. The zero-order valence-electron chi connectivity index (χ0n) is 14.3. The molecule has 3 aromatic rings. The molecule has 142 valence electrons. The van der Waals surface area contributed by atoms with Crippen molar-refractivity contribution in [3.05, 3.63) is 70.3 Å². The molecule has 0 unspecified atom stereocenters. The molecule has 2 aromatic carbocycles. The van der Waals surface area contributed by atoms with Crippen molar-refractivity contribution < 1.29 is 22.6 Å². The Kier molecular flexibility index (Phi) is 5.50. The molecule has 9 heteroatoms. The maximum atomic E-state index is 12.6. The smallest absolute Gasteiger partial charge is 0.416 e. The van der Waals surface area contributed by atoms with Crippen molar-refractivity contribution in [2.24, 2.45) is 0 Å². The molecular weight excluding hydrogens is 379 g/mol. The number of H-pyrrole nitrogens is 1. The molecule has 0 fully saturated rings. The second kappa shape index (κ2) is 7.83. The Morgan fingerprint density at radius 1 is 1.04 bits per heavy atom. The van der Waals surface area contributed by atoms with E-state index in [2.05, 4.69) is 10.2 Å². The van der Waals surface area contributed by atoms with E-state index in [1.54, 1.807) is 11.7 Å². The third-order valence-corrected chi connectivity index (χ3v) is 4.20. The Labute approximate surface area is 158 Å². The van der Waals surface area contributed by atoms with Crippen LogP contribution in [0.4, 0.5) is 13.2 Å². The van der Waals surface area contributed by atoms with E-state index in [0.717, 1.165) is 23.4 Å². The van der Waals surface area contributed by atoms with Crippen LogP contribution >= 0.6 is 12.2 Å². The van der Waals surface area contributed by atoms with Crippen LogP contribution in [-0.4, -0.2) is 21.9 Å². The van der Waals surface area contributed by atoms with Gasteiger partial charge >= 0.3 is 6.18 Å². The minimum absolute atomic E-state index is 0.0641. The Bertz CT molecular complexity index is 948. The molecule has 1 heterocycles. The van der Waals surface area contributed by atoms with Gasteiger partial charge in [0.25, 0.3) is 0 Å². The topological polar surface area (TPSA) is 52.1 Å². The second-order valence-electron chi connectivity index (χ2n) is 5.69. The zero-order valence-corrected chi connectivity index (χ0v) is 15.1. The maximum Gasteiger partial charge on any atom is 0.416 e. The third-order valence-electron chi connectivity index (χ3n) is 3.89. The maximum absolute atomic E-state index is 12.6. The molecule has 0 aliphatic rings. The highest BCUT2D eigenvalue weighted by Crippen LogP contribution is 2.30. The summed E-state index contributed by atoms with van der Waals surface area (Å²) in [6, 6.07) is 12.0. The molecule has 27 heavy (non-hydrogen) atoms. The number of ether oxygens (including phenoxy) is 2. The van der Waals surface area contributed by atoms with Gasteiger partial charge in [0.05, 0.1) is 19.2 Å². The summed E-state index contributed by atoms with van der Waals surface area (Å²) < 4.78 is 50.7. The number of alkyl halides is 3. The summed E-state index contributed by atoms with van der Waals surface area (Å²) in [5, 5.41) is 6.84. The number of aromatic amines is 1. The number of hydrogen-bond acceptors (Lipinski definition) is 4. The number of hydrogen-bond donors (Lipinski definition) is 1. The van der Waals surface area contributed by atoms with Crippen LogP contribution in [0.25, 0.3) is 0 Å². The molecule has 0 aliphatic heterocycles.